The quantitative estimate of drug-likeness (QED) is 0.750. The number of benzene rings is 1. The number of nitrogens with zero attached hydrogens (tertiary/aromatic N) is 1. The van der Waals surface area contributed by atoms with Crippen LogP contribution >= 0.6 is 0 Å². The van der Waals surface area contributed by atoms with E-state index in [1.165, 1.54) is 18.1 Å². The van der Waals surface area contributed by atoms with Gasteiger partial charge in [0.15, 0.2) is 6.61 Å². The van der Waals surface area contributed by atoms with E-state index in [-0.39, 0.29) is 18.0 Å². The molecule has 7 heteroatoms. The Hall–Kier alpha value is -2.57. The Morgan fingerprint density at radius 1 is 1.19 bits per heavy atom. The van der Waals surface area contributed by atoms with Crippen molar-refractivity contribution in [2.75, 3.05) is 34.4 Å². The van der Waals surface area contributed by atoms with Gasteiger partial charge >= 0.3 is 5.97 Å². The second-order valence-corrected chi connectivity index (χ2v) is 4.34. The van der Waals surface area contributed by atoms with Gasteiger partial charge in [-0.15, -0.1) is 0 Å². The zero-order valence-electron chi connectivity index (χ0n) is 12.2. The molecule has 2 amide bonds. The van der Waals surface area contributed by atoms with Gasteiger partial charge in [0, 0.05) is 14.1 Å². The molecule has 0 fully saturated rings. The maximum Gasteiger partial charge on any atom is 0.342 e. The molecule has 1 rings (SSSR count). The van der Waals surface area contributed by atoms with Crippen LogP contribution in [0.1, 0.15) is 10.4 Å². The minimum Gasteiger partial charge on any atom is -0.496 e. The summed E-state index contributed by atoms with van der Waals surface area (Å²) in [4.78, 5) is 35.9. The first-order chi connectivity index (χ1) is 9.95. The lowest BCUT2D eigenvalue weighted by molar-refractivity contribution is -0.131. The summed E-state index contributed by atoms with van der Waals surface area (Å²) in [6.07, 6.45) is 0. The first-order valence-corrected chi connectivity index (χ1v) is 6.22. The third kappa shape index (κ3) is 5.13. The van der Waals surface area contributed by atoms with Crippen LogP contribution in [0.3, 0.4) is 0 Å². The van der Waals surface area contributed by atoms with E-state index < -0.39 is 18.5 Å². The van der Waals surface area contributed by atoms with E-state index in [9.17, 15) is 14.4 Å². The van der Waals surface area contributed by atoms with Crippen LogP contribution in [-0.2, 0) is 14.3 Å². The van der Waals surface area contributed by atoms with Gasteiger partial charge in [0.1, 0.15) is 11.3 Å². The van der Waals surface area contributed by atoms with Gasteiger partial charge < -0.3 is 19.7 Å². The summed E-state index contributed by atoms with van der Waals surface area (Å²) >= 11 is 0. The van der Waals surface area contributed by atoms with Crippen molar-refractivity contribution in [3.63, 3.8) is 0 Å². The Morgan fingerprint density at radius 3 is 2.48 bits per heavy atom. The fraction of sp³-hybridized carbons (Fsp3) is 0.357. The highest BCUT2D eigenvalue weighted by Crippen LogP contribution is 2.17. The zero-order chi connectivity index (χ0) is 15.8. The third-order valence-electron chi connectivity index (χ3n) is 2.60. The molecule has 0 saturated heterocycles. The van der Waals surface area contributed by atoms with Crippen molar-refractivity contribution in [1.82, 2.24) is 10.2 Å². The lowest BCUT2D eigenvalue weighted by atomic mass is 10.2. The number of carbonyl (C=O) groups excluding carboxylic acids is 3. The van der Waals surface area contributed by atoms with Crippen LogP contribution in [0, 0.1) is 0 Å². The molecule has 114 valence electrons. The highest BCUT2D eigenvalue weighted by Gasteiger charge is 2.15. The molecule has 21 heavy (non-hydrogen) atoms. The molecule has 0 unspecified atom stereocenters. The number of ether oxygens (including phenoxy) is 2. The molecule has 1 aromatic carbocycles. The van der Waals surface area contributed by atoms with Crippen molar-refractivity contribution in [1.29, 1.82) is 0 Å². The molecule has 0 aromatic heterocycles. The molecular weight excluding hydrogens is 276 g/mol. The Labute approximate surface area is 122 Å². The van der Waals surface area contributed by atoms with Gasteiger partial charge in [-0.05, 0) is 12.1 Å². The fourth-order valence-electron chi connectivity index (χ4n) is 1.41. The van der Waals surface area contributed by atoms with E-state index in [4.69, 9.17) is 9.47 Å². The summed E-state index contributed by atoms with van der Waals surface area (Å²) in [6, 6.07) is 6.53. The van der Waals surface area contributed by atoms with E-state index in [1.54, 1.807) is 32.3 Å². The smallest absolute Gasteiger partial charge is 0.342 e. The van der Waals surface area contributed by atoms with Crippen LogP contribution in [0.15, 0.2) is 24.3 Å². The number of rotatable bonds is 6. The van der Waals surface area contributed by atoms with Crippen LogP contribution in [0.2, 0.25) is 0 Å². The highest BCUT2D eigenvalue weighted by molar-refractivity contribution is 5.94. The van der Waals surface area contributed by atoms with E-state index >= 15 is 0 Å². The predicted octanol–water partition coefficient (Wildman–Crippen LogP) is 0.0564. The molecule has 0 saturated carbocycles. The molecular formula is C14H18N2O5. The van der Waals surface area contributed by atoms with E-state index in [0.717, 1.165) is 0 Å². The molecule has 0 bridgehead atoms. The minimum absolute atomic E-state index is 0.141. The van der Waals surface area contributed by atoms with Crippen molar-refractivity contribution in [3.05, 3.63) is 29.8 Å². The Kier molecular flexibility index (Phi) is 6.19. The van der Waals surface area contributed by atoms with Gasteiger partial charge in [-0.1, -0.05) is 12.1 Å². The highest BCUT2D eigenvalue weighted by atomic mass is 16.5. The number of methoxy groups -OCH3 is 1. The lowest BCUT2D eigenvalue weighted by Crippen LogP contribution is -2.38. The third-order valence-corrected chi connectivity index (χ3v) is 2.60. The first kappa shape index (κ1) is 16.5. The van der Waals surface area contributed by atoms with E-state index in [0.29, 0.717) is 5.75 Å². The van der Waals surface area contributed by atoms with Crippen LogP contribution in [0.4, 0.5) is 0 Å². The number of likely N-dealkylation sites (N-methyl/N-ethyl adjacent to an activating group) is 1. The molecule has 1 N–H and O–H groups in total. The molecule has 7 nitrogen and oxygen atoms in total. The van der Waals surface area contributed by atoms with E-state index in [1.807, 2.05) is 0 Å². The Balaban J connectivity index is 2.46. The van der Waals surface area contributed by atoms with Gasteiger partial charge in [0.25, 0.3) is 5.91 Å². The average Bonchev–Trinajstić information content (AvgIpc) is 2.49. The molecule has 0 heterocycles. The topological polar surface area (TPSA) is 84.9 Å². The van der Waals surface area contributed by atoms with Crippen molar-refractivity contribution in [3.8, 4) is 5.75 Å². The number of amides is 2. The number of para-hydroxylation sites is 1. The number of esters is 1. The van der Waals surface area contributed by atoms with Crippen LogP contribution in [0.5, 0.6) is 5.75 Å². The van der Waals surface area contributed by atoms with Gasteiger partial charge in [-0.3, -0.25) is 9.59 Å². The maximum absolute atomic E-state index is 11.8. The maximum atomic E-state index is 11.8. The Bertz CT molecular complexity index is 528. The second-order valence-electron chi connectivity index (χ2n) is 4.34. The number of hydrogen-bond acceptors (Lipinski definition) is 5. The molecule has 0 atom stereocenters. The van der Waals surface area contributed by atoms with Crippen molar-refractivity contribution in [2.24, 2.45) is 0 Å². The van der Waals surface area contributed by atoms with Gasteiger partial charge in [-0.25, -0.2) is 4.79 Å². The second kappa shape index (κ2) is 7.88. The van der Waals surface area contributed by atoms with Gasteiger partial charge in [-0.2, -0.15) is 0 Å². The van der Waals surface area contributed by atoms with Gasteiger partial charge in [0.05, 0.1) is 13.7 Å². The molecule has 0 aliphatic rings. The molecule has 0 aliphatic heterocycles. The fourth-order valence-corrected chi connectivity index (χ4v) is 1.41. The molecule has 1 aromatic rings. The summed E-state index contributed by atoms with van der Waals surface area (Å²) in [6.45, 7) is -0.602. The van der Waals surface area contributed by atoms with Crippen LogP contribution < -0.4 is 10.1 Å². The van der Waals surface area contributed by atoms with Crippen molar-refractivity contribution in [2.45, 2.75) is 0 Å². The average molecular weight is 294 g/mol. The predicted molar refractivity (Wildman–Crippen MR) is 75.0 cm³/mol. The number of carbonyl (C=O) groups is 3. The Morgan fingerprint density at radius 2 is 1.86 bits per heavy atom. The summed E-state index contributed by atoms with van der Waals surface area (Å²) < 4.78 is 9.90. The summed E-state index contributed by atoms with van der Waals surface area (Å²) in [5.41, 5.74) is 0.233. The number of nitrogens with one attached hydrogen (secondary N) is 1. The monoisotopic (exact) mass is 294 g/mol. The normalized spacial score (nSPS) is 9.67. The SMILES string of the molecule is COc1ccccc1C(=O)OCC(=O)NCC(=O)N(C)C. The summed E-state index contributed by atoms with van der Waals surface area (Å²) in [5, 5.41) is 2.36. The molecule has 0 radical (unpaired) electrons. The zero-order valence-corrected chi connectivity index (χ0v) is 12.2. The molecule has 0 spiro atoms. The largest absolute Gasteiger partial charge is 0.496 e. The van der Waals surface area contributed by atoms with Crippen molar-refractivity contribution < 1.29 is 23.9 Å². The van der Waals surface area contributed by atoms with Crippen LogP contribution in [0.25, 0.3) is 0 Å². The molecule has 0 aliphatic carbocycles. The van der Waals surface area contributed by atoms with Crippen molar-refractivity contribution >= 4 is 17.8 Å². The summed E-state index contributed by atoms with van der Waals surface area (Å²) in [7, 11) is 4.60. The van der Waals surface area contributed by atoms with Crippen LogP contribution in [-0.4, -0.2) is 57.0 Å². The number of hydrogen-bond donors (Lipinski definition) is 1. The minimum atomic E-state index is -0.665. The van der Waals surface area contributed by atoms with Gasteiger partial charge in [0.2, 0.25) is 5.91 Å². The van der Waals surface area contributed by atoms with E-state index in [2.05, 4.69) is 5.32 Å². The summed E-state index contributed by atoms with van der Waals surface area (Å²) in [5.74, 6) is -1.10. The lowest BCUT2D eigenvalue weighted by Gasteiger charge is -2.11. The standard InChI is InChI=1S/C14H18N2O5/c1-16(2)13(18)8-15-12(17)9-21-14(19)10-6-4-5-7-11(10)20-3/h4-7H,8-9H2,1-3H3,(H,15,17). The first-order valence-electron chi connectivity index (χ1n) is 6.22.